The third-order valence-electron chi connectivity index (χ3n) is 2.12. The van der Waals surface area contributed by atoms with Crippen molar-refractivity contribution in [2.24, 2.45) is 0 Å². The molecule has 0 N–H and O–H groups in total. The molecule has 1 amide bonds. The largest absolute Gasteiger partial charge is 0.281 e. The Morgan fingerprint density at radius 3 is 1.93 bits per heavy atom. The van der Waals surface area contributed by atoms with Crippen LogP contribution in [0.15, 0.2) is 60.0 Å². The Balaban J connectivity index is 2.55. The highest BCUT2D eigenvalue weighted by Crippen LogP contribution is 2.21. The van der Waals surface area contributed by atoms with Crippen molar-refractivity contribution in [3.8, 4) is 0 Å². The summed E-state index contributed by atoms with van der Waals surface area (Å²) < 4.78 is 0. The molecule has 0 unspecified atom stereocenters. The van der Waals surface area contributed by atoms with Gasteiger partial charge in [0.05, 0.1) is 0 Å². The van der Waals surface area contributed by atoms with Crippen LogP contribution in [0.25, 0.3) is 0 Å². The Kier molecular flexibility index (Phi) is 2.19. The highest BCUT2D eigenvalue weighted by atomic mass is 16.2. The molecule has 0 fully saturated rings. The molecule has 0 aromatic rings. The summed E-state index contributed by atoms with van der Waals surface area (Å²) in [6.07, 6.45) is 15.4. The van der Waals surface area contributed by atoms with Crippen molar-refractivity contribution in [3.63, 3.8) is 0 Å². The van der Waals surface area contributed by atoms with Gasteiger partial charge in [-0.3, -0.25) is 9.69 Å². The Morgan fingerprint density at radius 1 is 1.00 bits per heavy atom. The molecule has 2 bridgehead atoms. The summed E-state index contributed by atoms with van der Waals surface area (Å²) in [7, 11) is 0. The lowest BCUT2D eigenvalue weighted by Crippen LogP contribution is -2.24. The molecule has 0 saturated heterocycles. The molecular weight excluding hydrogens is 174 g/mol. The second kappa shape index (κ2) is 3.50. The lowest BCUT2D eigenvalue weighted by molar-refractivity contribution is -0.125. The second-order valence-corrected chi connectivity index (χ2v) is 3.14. The summed E-state index contributed by atoms with van der Waals surface area (Å²) in [6.45, 7) is 1.57. The molecule has 2 heterocycles. The monoisotopic (exact) mass is 185 g/mol. The van der Waals surface area contributed by atoms with Crippen LogP contribution in [-0.2, 0) is 4.79 Å². The van der Waals surface area contributed by atoms with Gasteiger partial charge >= 0.3 is 0 Å². The van der Waals surface area contributed by atoms with Gasteiger partial charge in [-0.1, -0.05) is 24.3 Å². The van der Waals surface area contributed by atoms with Crippen LogP contribution in [0.1, 0.15) is 6.92 Å². The van der Waals surface area contributed by atoms with Crippen molar-refractivity contribution in [2.45, 2.75) is 6.92 Å². The van der Waals surface area contributed by atoms with E-state index in [1.165, 1.54) is 0 Å². The number of hydrogen-bond acceptors (Lipinski definition) is 1. The first-order valence-corrected chi connectivity index (χ1v) is 4.53. The van der Waals surface area contributed by atoms with Gasteiger partial charge in [-0.05, 0) is 24.3 Å². The van der Waals surface area contributed by atoms with Crippen LogP contribution in [0.2, 0.25) is 0 Å². The Bertz CT molecular complexity index is 376. The molecular formula is C12H11NO. The average molecular weight is 185 g/mol. The van der Waals surface area contributed by atoms with Gasteiger partial charge in [-0.15, -0.1) is 0 Å². The van der Waals surface area contributed by atoms with E-state index >= 15 is 0 Å². The molecule has 2 aliphatic heterocycles. The van der Waals surface area contributed by atoms with Crippen LogP contribution in [0.5, 0.6) is 0 Å². The summed E-state index contributed by atoms with van der Waals surface area (Å²) in [5, 5.41) is 0. The number of amides is 1. The third kappa shape index (κ3) is 1.46. The summed E-state index contributed by atoms with van der Waals surface area (Å²) >= 11 is 0. The van der Waals surface area contributed by atoms with Crippen molar-refractivity contribution in [2.75, 3.05) is 0 Å². The third-order valence-corrected chi connectivity index (χ3v) is 2.12. The van der Waals surface area contributed by atoms with Crippen LogP contribution >= 0.6 is 0 Å². The molecule has 2 heteroatoms. The van der Waals surface area contributed by atoms with E-state index in [2.05, 4.69) is 0 Å². The molecule has 0 radical (unpaired) electrons. The lowest BCUT2D eigenvalue weighted by Gasteiger charge is -2.21. The maximum Gasteiger partial charge on any atom is 0.228 e. The predicted molar refractivity (Wildman–Crippen MR) is 56.1 cm³/mol. The maximum atomic E-state index is 11.5. The van der Waals surface area contributed by atoms with Gasteiger partial charge in [-0.2, -0.15) is 0 Å². The minimum atomic E-state index is 0.0300. The molecule has 14 heavy (non-hydrogen) atoms. The maximum absolute atomic E-state index is 11.5. The minimum Gasteiger partial charge on any atom is -0.281 e. The highest BCUT2D eigenvalue weighted by Gasteiger charge is 2.16. The van der Waals surface area contributed by atoms with Crippen LogP contribution in [-0.4, -0.2) is 10.8 Å². The van der Waals surface area contributed by atoms with E-state index in [1.807, 2.05) is 48.6 Å². The zero-order valence-corrected chi connectivity index (χ0v) is 7.97. The summed E-state index contributed by atoms with van der Waals surface area (Å²) in [5.41, 5.74) is 1.81. The SMILES string of the molecule is CC(=O)N1C2=CC=CC=C1C=CC=C2. The van der Waals surface area contributed by atoms with E-state index in [4.69, 9.17) is 0 Å². The van der Waals surface area contributed by atoms with Crippen LogP contribution in [0.4, 0.5) is 0 Å². The average Bonchev–Trinajstić information content (AvgIpc) is 2.47. The number of carbonyl (C=O) groups is 1. The molecule has 0 aliphatic carbocycles. The van der Waals surface area contributed by atoms with E-state index in [-0.39, 0.29) is 5.91 Å². The van der Waals surface area contributed by atoms with Gasteiger partial charge in [0.2, 0.25) is 5.91 Å². The highest BCUT2D eigenvalue weighted by molar-refractivity contribution is 5.79. The molecule has 2 rings (SSSR count). The van der Waals surface area contributed by atoms with E-state index in [9.17, 15) is 4.79 Å². The lowest BCUT2D eigenvalue weighted by atomic mass is 10.3. The van der Waals surface area contributed by atoms with E-state index in [0.29, 0.717) is 0 Å². The predicted octanol–water partition coefficient (Wildman–Crippen LogP) is 2.30. The van der Waals surface area contributed by atoms with Crippen molar-refractivity contribution >= 4 is 5.91 Å². The first-order chi connectivity index (χ1) is 6.79. The molecule has 0 aromatic carbocycles. The smallest absolute Gasteiger partial charge is 0.228 e. The van der Waals surface area contributed by atoms with Crippen molar-refractivity contribution in [1.82, 2.24) is 4.90 Å². The van der Waals surface area contributed by atoms with Crippen molar-refractivity contribution in [1.29, 1.82) is 0 Å². The fourth-order valence-corrected chi connectivity index (χ4v) is 1.54. The Labute approximate surface area is 83.2 Å². The molecule has 0 spiro atoms. The van der Waals surface area contributed by atoms with Crippen LogP contribution in [0, 0.1) is 0 Å². The fourth-order valence-electron chi connectivity index (χ4n) is 1.54. The first kappa shape index (κ1) is 8.75. The first-order valence-electron chi connectivity index (χ1n) is 4.53. The number of carbonyl (C=O) groups excluding carboxylic acids is 1. The van der Waals surface area contributed by atoms with E-state index < -0.39 is 0 Å². The quantitative estimate of drug-likeness (QED) is 0.567. The van der Waals surface area contributed by atoms with Crippen LogP contribution in [0.3, 0.4) is 0 Å². The molecule has 2 nitrogen and oxygen atoms in total. The molecule has 2 aliphatic rings. The van der Waals surface area contributed by atoms with Gasteiger partial charge < -0.3 is 0 Å². The zero-order chi connectivity index (χ0) is 9.97. The van der Waals surface area contributed by atoms with Gasteiger partial charge in [0, 0.05) is 18.3 Å². The molecule has 0 aromatic heterocycles. The molecule has 0 saturated carbocycles. The van der Waals surface area contributed by atoms with Crippen molar-refractivity contribution < 1.29 is 4.79 Å². The topological polar surface area (TPSA) is 20.3 Å². The normalized spacial score (nSPS) is 18.5. The van der Waals surface area contributed by atoms with Gasteiger partial charge in [-0.25, -0.2) is 0 Å². The minimum absolute atomic E-state index is 0.0300. The number of nitrogens with zero attached hydrogens (tertiary/aromatic N) is 1. The Morgan fingerprint density at radius 2 is 1.50 bits per heavy atom. The van der Waals surface area contributed by atoms with E-state index in [0.717, 1.165) is 11.4 Å². The fraction of sp³-hybridized carbons (Fsp3) is 0.0833. The second-order valence-electron chi connectivity index (χ2n) is 3.14. The summed E-state index contributed by atoms with van der Waals surface area (Å²) in [6, 6.07) is 0. The van der Waals surface area contributed by atoms with Crippen molar-refractivity contribution in [3.05, 3.63) is 60.0 Å². The number of hydrogen-bond donors (Lipinski definition) is 0. The van der Waals surface area contributed by atoms with Gasteiger partial charge in [0.1, 0.15) is 0 Å². The van der Waals surface area contributed by atoms with Gasteiger partial charge in [0.25, 0.3) is 0 Å². The summed E-state index contributed by atoms with van der Waals surface area (Å²) in [5.74, 6) is 0.0300. The zero-order valence-electron chi connectivity index (χ0n) is 7.97. The number of fused-ring (bicyclic) bond motifs is 2. The standard InChI is InChI=1S/C12H11NO/c1-10(14)13-11-6-2-3-7-12(13)9-5-4-8-11/h2-9H,1H3. The Hall–Kier alpha value is -1.83. The van der Waals surface area contributed by atoms with Crippen LogP contribution < -0.4 is 0 Å². The number of allylic oxidation sites excluding steroid dienone is 8. The van der Waals surface area contributed by atoms with Gasteiger partial charge in [0.15, 0.2) is 0 Å². The molecule has 0 atom stereocenters. The summed E-state index contributed by atoms with van der Waals surface area (Å²) in [4.78, 5) is 13.2. The number of rotatable bonds is 0. The van der Waals surface area contributed by atoms with E-state index in [1.54, 1.807) is 11.8 Å². The molecule has 70 valence electrons.